The molecule has 0 saturated heterocycles. The van der Waals surface area contributed by atoms with Crippen molar-refractivity contribution in [2.45, 2.75) is 31.4 Å². The quantitative estimate of drug-likeness (QED) is 0.0285. The molecule has 8 aromatic rings. The summed E-state index contributed by atoms with van der Waals surface area (Å²) in [6.07, 6.45) is 0. The molecule has 0 radical (unpaired) electrons. The zero-order valence-electron chi connectivity index (χ0n) is 37.6. The summed E-state index contributed by atoms with van der Waals surface area (Å²) in [5.74, 6) is -1.06. The molecule has 0 heterocycles. The number of anilines is 1. The predicted molar refractivity (Wildman–Crippen MR) is 268 cm³/mol. The van der Waals surface area contributed by atoms with Crippen molar-refractivity contribution >= 4 is 134 Å². The van der Waals surface area contributed by atoms with Gasteiger partial charge in [0.25, 0.3) is 50.6 Å². The van der Waals surface area contributed by atoms with E-state index in [0.717, 1.165) is 60.7 Å². The summed E-state index contributed by atoms with van der Waals surface area (Å²) in [4.78, 5) is -3.25. The summed E-state index contributed by atoms with van der Waals surface area (Å²) in [6.45, 7) is 1.48. The first-order valence-corrected chi connectivity index (χ1v) is 27.9. The molecule has 386 valence electrons. The Balaban J connectivity index is 1.27. The largest absolute Gasteiger partial charge is 0.505 e. The van der Waals surface area contributed by atoms with Crippen LogP contribution in [-0.4, -0.2) is 76.6 Å². The second-order valence-corrected chi connectivity index (χ2v) is 22.6. The molecule has 31 heteroatoms. The number of benzene rings is 8. The first kappa shape index (κ1) is 53.2. The van der Waals surface area contributed by atoms with Crippen molar-refractivity contribution in [3.63, 3.8) is 0 Å². The summed E-state index contributed by atoms with van der Waals surface area (Å²) in [5, 5.41) is 44.3. The fourth-order valence-electron chi connectivity index (χ4n) is 7.25. The van der Waals surface area contributed by atoms with E-state index in [4.69, 9.17) is 10.5 Å². The third kappa shape index (κ3) is 11.5. The molecule has 0 aliphatic rings. The van der Waals surface area contributed by atoms with E-state index >= 15 is 0 Å². The molecule has 0 spiro atoms. The van der Waals surface area contributed by atoms with Gasteiger partial charge in [-0.05, 0) is 97.9 Å². The van der Waals surface area contributed by atoms with Gasteiger partial charge in [-0.3, -0.25) is 22.8 Å². The molecule has 0 aliphatic carbocycles. The first-order valence-electron chi connectivity index (χ1n) is 20.7. The summed E-state index contributed by atoms with van der Waals surface area (Å²) in [6, 6.07) is 23.2. The molecule has 8 rings (SSSR count). The van der Waals surface area contributed by atoms with Crippen LogP contribution in [0.15, 0.2) is 187 Å². The second kappa shape index (κ2) is 20.0. The van der Waals surface area contributed by atoms with Gasteiger partial charge in [0.15, 0.2) is 5.75 Å². The van der Waals surface area contributed by atoms with Crippen LogP contribution in [0.5, 0.6) is 11.5 Å². The number of aromatic hydroxyl groups is 1. The van der Waals surface area contributed by atoms with E-state index in [1.807, 2.05) is 0 Å². The normalized spacial score (nSPS) is 13.1. The molecule has 0 saturated carbocycles. The lowest BCUT2D eigenvalue weighted by molar-refractivity contribution is 0.342. The van der Waals surface area contributed by atoms with Crippen molar-refractivity contribution in [2.75, 3.05) is 12.3 Å². The van der Waals surface area contributed by atoms with E-state index in [-0.39, 0.29) is 90.2 Å². The average Bonchev–Trinajstić information content (AvgIpc) is 3.33. The van der Waals surface area contributed by atoms with Crippen molar-refractivity contribution in [3.05, 3.63) is 121 Å². The molecule has 0 unspecified atom stereocenters. The number of fused-ring (bicyclic) bond motifs is 3. The van der Waals surface area contributed by atoms with Crippen LogP contribution in [0.3, 0.4) is 0 Å². The second-order valence-electron chi connectivity index (χ2n) is 15.5. The summed E-state index contributed by atoms with van der Waals surface area (Å²) in [5.41, 5.74) is 4.41. The van der Waals surface area contributed by atoms with Gasteiger partial charge in [-0.1, -0.05) is 24.3 Å². The zero-order chi connectivity index (χ0) is 54.4. The van der Waals surface area contributed by atoms with Gasteiger partial charge in [-0.25, -0.2) is 0 Å². The monoisotopic (exact) mass is 1120 g/mol. The lowest BCUT2D eigenvalue weighted by Gasteiger charge is -2.14. The maximum absolute atomic E-state index is 13.0. The number of ether oxygens (including phenoxy) is 1. The number of hydrogen-bond donors (Lipinski definition) is 7. The van der Waals surface area contributed by atoms with Crippen LogP contribution in [0.4, 0.5) is 51.2 Å². The topological polar surface area (TPSA) is 426 Å². The van der Waals surface area contributed by atoms with E-state index in [1.54, 1.807) is 6.92 Å². The van der Waals surface area contributed by atoms with E-state index < -0.39 is 86.5 Å². The van der Waals surface area contributed by atoms with Crippen molar-refractivity contribution < 1.29 is 74.7 Å². The highest BCUT2D eigenvalue weighted by Gasteiger charge is 2.26. The van der Waals surface area contributed by atoms with Gasteiger partial charge in [0, 0.05) is 38.4 Å². The number of rotatable bonds is 15. The van der Waals surface area contributed by atoms with Gasteiger partial charge in [0.05, 0.1) is 60.3 Å². The van der Waals surface area contributed by atoms with Gasteiger partial charge in [0.1, 0.15) is 27.7 Å². The van der Waals surface area contributed by atoms with Crippen molar-refractivity contribution in [1.29, 1.82) is 0 Å². The smallest absolute Gasteiger partial charge is 0.296 e. The Morgan fingerprint density at radius 2 is 0.867 bits per heavy atom. The van der Waals surface area contributed by atoms with Crippen LogP contribution in [-0.2, 0) is 50.6 Å². The number of phenolic OH excluding ortho intramolecular Hbond substituents is 1. The maximum Gasteiger partial charge on any atom is 0.296 e. The fourth-order valence-corrected chi connectivity index (χ4v) is 9.96. The summed E-state index contributed by atoms with van der Waals surface area (Å²) >= 11 is 0. The molecular formula is C44H33N9O17S5. The van der Waals surface area contributed by atoms with Gasteiger partial charge in [-0.15, -0.1) is 30.7 Å². The van der Waals surface area contributed by atoms with E-state index in [1.165, 1.54) is 60.7 Å². The highest BCUT2D eigenvalue weighted by molar-refractivity contribution is 7.87. The lowest BCUT2D eigenvalue weighted by Crippen LogP contribution is -2.00. The maximum atomic E-state index is 13.0. The molecule has 0 amide bonds. The molecule has 0 aliphatic heterocycles. The Kier molecular flexibility index (Phi) is 14.2. The third-order valence-corrected chi connectivity index (χ3v) is 14.9. The van der Waals surface area contributed by atoms with Gasteiger partial charge >= 0.3 is 0 Å². The van der Waals surface area contributed by atoms with Gasteiger partial charge < -0.3 is 15.6 Å². The minimum absolute atomic E-state index is 0.000594. The fraction of sp³-hybridized carbons (Fsp3) is 0.0455. The first-order chi connectivity index (χ1) is 35.1. The van der Waals surface area contributed by atoms with Crippen LogP contribution in [0.1, 0.15) is 6.92 Å². The number of nitrogen functional groups attached to an aromatic ring is 1. The standard InChI is InChI=1S/C44H33N9O17S5/c1-2-70-39-22-38(50-49-37-16-15-36(29-11-9-27(19-32(29)37)73(61,62)63)48-46-23-5-3-7-25(17-23)71(55,56)57)33-20-28(74(64,65)66)10-12-30(33)42(39)52-53-43-40(75(67,68)69)21-34-31(44(43)54)13-14-35(45)41(34)51-47-24-6-4-8-26(18-24)72(58,59)60/h3-22,54H,2,45H2,1H3,(H,55,56,57)(H,58,59,60)(H,61,62,63)(H,64,65,66)(H,67,68,69). The predicted octanol–water partition coefficient (Wildman–Crippen LogP) is 10.7. The van der Waals surface area contributed by atoms with Crippen LogP contribution < -0.4 is 10.5 Å². The Hall–Kier alpha value is -8.11. The number of phenols is 1. The molecule has 0 atom stereocenters. The van der Waals surface area contributed by atoms with E-state index in [0.29, 0.717) is 0 Å². The van der Waals surface area contributed by atoms with Gasteiger partial charge in [-0.2, -0.15) is 52.3 Å². The molecule has 0 aromatic heterocycles. The Morgan fingerprint density at radius 3 is 1.41 bits per heavy atom. The van der Waals surface area contributed by atoms with Crippen molar-refractivity contribution in [3.8, 4) is 11.5 Å². The summed E-state index contributed by atoms with van der Waals surface area (Å²) in [7, 11) is -24.3. The zero-order valence-corrected chi connectivity index (χ0v) is 41.7. The van der Waals surface area contributed by atoms with Crippen LogP contribution >= 0.6 is 0 Å². The highest BCUT2D eigenvalue weighted by atomic mass is 32.2. The Labute approximate surface area is 424 Å². The minimum Gasteiger partial charge on any atom is -0.505 e. The molecule has 0 bridgehead atoms. The summed E-state index contributed by atoms with van der Waals surface area (Å²) < 4.78 is 177. The lowest BCUT2D eigenvalue weighted by atomic mass is 10.1. The number of nitrogens with zero attached hydrogens (tertiary/aromatic N) is 8. The van der Waals surface area contributed by atoms with Crippen molar-refractivity contribution in [1.82, 2.24) is 0 Å². The number of azo groups is 4. The third-order valence-electron chi connectivity index (χ3n) is 10.7. The molecule has 8 aromatic carbocycles. The highest BCUT2D eigenvalue weighted by Crippen LogP contribution is 2.49. The van der Waals surface area contributed by atoms with Crippen LogP contribution in [0.25, 0.3) is 32.3 Å². The SMILES string of the molecule is CCOc1cc(N=Nc2ccc(N=Nc3cccc(S(=O)(=O)O)c3)c3ccc(S(=O)(=O)O)cc23)c2cc(S(=O)(=O)O)ccc2c1N=Nc1c(S(=O)(=O)O)cc2c(N=Nc3cccc(S(=O)(=O)O)c3)c(N)ccc2c1O. The average molecular weight is 1120 g/mol. The minimum atomic E-state index is -5.31. The Bertz CT molecular complexity index is 4440. The van der Waals surface area contributed by atoms with E-state index in [2.05, 4.69) is 40.9 Å². The number of hydrogen-bond acceptors (Lipinski definition) is 21. The van der Waals surface area contributed by atoms with E-state index in [9.17, 15) is 70.0 Å². The molecule has 8 N–H and O–H groups in total. The van der Waals surface area contributed by atoms with Crippen LogP contribution in [0, 0.1) is 0 Å². The number of nitrogens with two attached hydrogens (primary N) is 1. The molecule has 26 nitrogen and oxygen atoms in total. The molecule has 75 heavy (non-hydrogen) atoms. The van der Waals surface area contributed by atoms with Crippen molar-refractivity contribution in [2.24, 2.45) is 40.9 Å². The Morgan fingerprint density at radius 1 is 0.413 bits per heavy atom. The molecule has 0 fully saturated rings. The van der Waals surface area contributed by atoms with Gasteiger partial charge in [0.2, 0.25) is 0 Å². The van der Waals surface area contributed by atoms with Crippen LogP contribution in [0.2, 0.25) is 0 Å². The molecular weight excluding hydrogens is 1090 g/mol.